The number of carbonyl (C=O) groups excluding carboxylic acids is 2. The molecule has 2 amide bonds. The van der Waals surface area contributed by atoms with Crippen molar-refractivity contribution < 1.29 is 18.7 Å². The van der Waals surface area contributed by atoms with Crippen molar-refractivity contribution in [3.8, 4) is 22.7 Å². The molecule has 1 N–H and O–H groups in total. The number of anilines is 1. The molecule has 0 aliphatic carbocycles. The molecular weight excluding hydrogens is 483 g/mol. The summed E-state index contributed by atoms with van der Waals surface area (Å²) < 4.78 is 20.3. The van der Waals surface area contributed by atoms with Crippen molar-refractivity contribution in [2.45, 2.75) is 26.2 Å². The quantitative estimate of drug-likeness (QED) is 0.251. The summed E-state index contributed by atoms with van der Waals surface area (Å²) in [5, 5.41) is 7.57. The highest BCUT2D eigenvalue weighted by Crippen LogP contribution is 2.25. The molecule has 8 heteroatoms. The number of carbonyl (C=O) groups is 2. The number of aromatic nitrogens is 2. The van der Waals surface area contributed by atoms with Crippen LogP contribution in [0.2, 0.25) is 0 Å². The predicted molar refractivity (Wildman–Crippen MR) is 146 cm³/mol. The van der Waals surface area contributed by atoms with Gasteiger partial charge in [0.15, 0.2) is 0 Å². The van der Waals surface area contributed by atoms with Gasteiger partial charge in [-0.25, -0.2) is 9.07 Å². The van der Waals surface area contributed by atoms with Crippen molar-refractivity contribution in [3.63, 3.8) is 0 Å². The molecule has 0 unspecified atom stereocenters. The van der Waals surface area contributed by atoms with E-state index in [2.05, 4.69) is 17.3 Å². The second-order valence-electron chi connectivity index (χ2n) is 8.88. The molecule has 4 rings (SSSR count). The van der Waals surface area contributed by atoms with Crippen LogP contribution in [0.3, 0.4) is 0 Å². The molecule has 0 aliphatic rings. The van der Waals surface area contributed by atoms with Crippen LogP contribution in [-0.4, -0.2) is 46.7 Å². The maximum Gasteiger partial charge on any atom is 0.254 e. The smallest absolute Gasteiger partial charge is 0.254 e. The van der Waals surface area contributed by atoms with E-state index in [4.69, 9.17) is 4.74 Å². The second kappa shape index (κ2) is 12.7. The van der Waals surface area contributed by atoms with Gasteiger partial charge in [0.2, 0.25) is 5.91 Å². The summed E-state index contributed by atoms with van der Waals surface area (Å²) in [6.45, 7) is 2.42. The number of amides is 2. The van der Waals surface area contributed by atoms with E-state index in [1.165, 1.54) is 12.1 Å². The molecule has 0 saturated heterocycles. The van der Waals surface area contributed by atoms with Crippen molar-refractivity contribution in [2.24, 2.45) is 0 Å². The highest BCUT2D eigenvalue weighted by molar-refractivity contribution is 5.99. The molecule has 0 saturated carbocycles. The van der Waals surface area contributed by atoms with Crippen LogP contribution in [0.25, 0.3) is 16.9 Å². The topological polar surface area (TPSA) is 76.5 Å². The molecule has 4 aromatic rings. The first-order valence-electron chi connectivity index (χ1n) is 12.6. The minimum Gasteiger partial charge on any atom is -0.497 e. The maximum absolute atomic E-state index is 13.6. The zero-order chi connectivity index (χ0) is 26.9. The van der Waals surface area contributed by atoms with Gasteiger partial charge < -0.3 is 15.0 Å². The van der Waals surface area contributed by atoms with Gasteiger partial charge in [-0.3, -0.25) is 9.59 Å². The first kappa shape index (κ1) is 26.6. The van der Waals surface area contributed by atoms with Crippen LogP contribution in [0.1, 0.15) is 36.5 Å². The van der Waals surface area contributed by atoms with E-state index in [-0.39, 0.29) is 24.2 Å². The van der Waals surface area contributed by atoms with E-state index < -0.39 is 0 Å². The fraction of sp³-hybridized carbons (Fsp3) is 0.233. The summed E-state index contributed by atoms with van der Waals surface area (Å²) in [7, 11) is 1.57. The Kier molecular flexibility index (Phi) is 8.87. The number of hydrogen-bond donors (Lipinski definition) is 1. The van der Waals surface area contributed by atoms with Gasteiger partial charge in [0.25, 0.3) is 5.91 Å². The van der Waals surface area contributed by atoms with Gasteiger partial charge in [-0.1, -0.05) is 50.1 Å². The highest BCUT2D eigenvalue weighted by atomic mass is 19.1. The Morgan fingerprint density at radius 3 is 2.34 bits per heavy atom. The van der Waals surface area contributed by atoms with Crippen molar-refractivity contribution in [3.05, 3.63) is 96.3 Å². The largest absolute Gasteiger partial charge is 0.497 e. The molecule has 3 aromatic carbocycles. The summed E-state index contributed by atoms with van der Waals surface area (Å²) in [5.74, 6) is 0.127. The van der Waals surface area contributed by atoms with Crippen LogP contribution in [0.4, 0.5) is 10.2 Å². The Bertz CT molecular complexity index is 1350. The van der Waals surface area contributed by atoms with Crippen molar-refractivity contribution in [1.82, 2.24) is 14.7 Å². The molecule has 196 valence electrons. The zero-order valence-corrected chi connectivity index (χ0v) is 21.6. The molecule has 0 spiro atoms. The molecule has 1 aromatic heterocycles. The first-order valence-corrected chi connectivity index (χ1v) is 12.6. The molecule has 7 nitrogen and oxygen atoms in total. The van der Waals surface area contributed by atoms with Gasteiger partial charge in [-0.2, -0.15) is 5.10 Å². The summed E-state index contributed by atoms with van der Waals surface area (Å²) in [6.07, 6.45) is 2.74. The minimum atomic E-state index is -0.366. The first-order chi connectivity index (χ1) is 18.5. The van der Waals surface area contributed by atoms with E-state index in [9.17, 15) is 14.0 Å². The van der Waals surface area contributed by atoms with Gasteiger partial charge >= 0.3 is 0 Å². The van der Waals surface area contributed by atoms with Gasteiger partial charge in [-0.15, -0.1) is 0 Å². The third-order valence-corrected chi connectivity index (χ3v) is 6.11. The van der Waals surface area contributed by atoms with E-state index in [0.29, 0.717) is 35.1 Å². The van der Waals surface area contributed by atoms with Crippen LogP contribution in [0.5, 0.6) is 5.75 Å². The Morgan fingerprint density at radius 2 is 1.68 bits per heavy atom. The van der Waals surface area contributed by atoms with E-state index in [1.807, 2.05) is 30.3 Å². The number of rotatable bonds is 11. The number of nitrogens with one attached hydrogen (secondary N) is 1. The molecule has 1 heterocycles. The zero-order valence-electron chi connectivity index (χ0n) is 21.6. The number of benzene rings is 3. The highest BCUT2D eigenvalue weighted by Gasteiger charge is 2.21. The average molecular weight is 515 g/mol. The molecule has 0 fully saturated rings. The lowest BCUT2D eigenvalue weighted by Crippen LogP contribution is -2.39. The van der Waals surface area contributed by atoms with E-state index in [0.717, 1.165) is 24.8 Å². The number of hydrogen-bond acceptors (Lipinski definition) is 4. The van der Waals surface area contributed by atoms with Crippen LogP contribution in [0.15, 0.2) is 84.9 Å². The van der Waals surface area contributed by atoms with Gasteiger partial charge in [0.1, 0.15) is 23.9 Å². The average Bonchev–Trinajstić information content (AvgIpc) is 3.36. The second-order valence-corrected chi connectivity index (χ2v) is 8.88. The van der Waals surface area contributed by atoms with Crippen LogP contribution in [-0.2, 0) is 4.79 Å². The summed E-state index contributed by atoms with van der Waals surface area (Å²) in [4.78, 5) is 28.1. The molecule has 0 atom stereocenters. The Morgan fingerprint density at radius 1 is 0.974 bits per heavy atom. The van der Waals surface area contributed by atoms with Crippen molar-refractivity contribution in [2.75, 3.05) is 25.5 Å². The number of ether oxygens (including phenoxy) is 1. The summed E-state index contributed by atoms with van der Waals surface area (Å²) >= 11 is 0. The lowest BCUT2D eigenvalue weighted by atomic mass is 10.1. The van der Waals surface area contributed by atoms with Gasteiger partial charge in [-0.05, 0) is 55.0 Å². The minimum absolute atomic E-state index is 0.121. The van der Waals surface area contributed by atoms with Crippen LogP contribution in [0, 0.1) is 5.82 Å². The standard InChI is InChI=1S/C30H31FN4O3/c1-3-4-8-19-34(30(37)23-11-17-26(38-2)18-12-23)21-29(36)32-28-20-27(22-9-6-5-7-10-22)33-35(28)25-15-13-24(31)14-16-25/h5-7,9-18,20H,3-4,8,19,21H2,1-2H3,(H,32,36). The summed E-state index contributed by atoms with van der Waals surface area (Å²) in [6, 6.07) is 24.1. The van der Waals surface area contributed by atoms with Gasteiger partial charge in [0, 0.05) is 23.7 Å². The number of methoxy groups -OCH3 is 1. The van der Waals surface area contributed by atoms with E-state index >= 15 is 0 Å². The number of unbranched alkanes of at least 4 members (excludes halogenated alkanes) is 2. The Labute approximate surface area is 221 Å². The molecular formula is C30H31FN4O3. The third-order valence-electron chi connectivity index (χ3n) is 6.11. The van der Waals surface area contributed by atoms with Crippen molar-refractivity contribution >= 4 is 17.6 Å². The summed E-state index contributed by atoms with van der Waals surface area (Å²) in [5.41, 5.74) is 2.61. The Balaban J connectivity index is 1.58. The molecule has 0 aliphatic heterocycles. The monoisotopic (exact) mass is 514 g/mol. The number of nitrogens with zero attached hydrogens (tertiary/aromatic N) is 3. The van der Waals surface area contributed by atoms with Gasteiger partial charge in [0.05, 0.1) is 18.5 Å². The van der Waals surface area contributed by atoms with Crippen LogP contribution < -0.4 is 10.1 Å². The fourth-order valence-corrected chi connectivity index (χ4v) is 4.08. The normalized spacial score (nSPS) is 10.7. The maximum atomic E-state index is 13.6. The predicted octanol–water partition coefficient (Wildman–Crippen LogP) is 5.96. The third kappa shape index (κ3) is 6.64. The lowest BCUT2D eigenvalue weighted by Gasteiger charge is -2.22. The lowest BCUT2D eigenvalue weighted by molar-refractivity contribution is -0.117. The van der Waals surface area contributed by atoms with E-state index in [1.54, 1.807) is 59.2 Å². The molecule has 0 radical (unpaired) electrons. The fourth-order valence-electron chi connectivity index (χ4n) is 4.08. The van der Waals surface area contributed by atoms with Crippen LogP contribution >= 0.6 is 0 Å². The Hall–Kier alpha value is -4.46. The molecule has 38 heavy (non-hydrogen) atoms. The SMILES string of the molecule is CCCCCN(CC(=O)Nc1cc(-c2ccccc2)nn1-c1ccc(F)cc1)C(=O)c1ccc(OC)cc1. The number of halogens is 1. The van der Waals surface area contributed by atoms with Crippen molar-refractivity contribution in [1.29, 1.82) is 0 Å². The molecule has 0 bridgehead atoms.